The molecule has 1 unspecified atom stereocenters. The molecule has 0 fully saturated rings. The van der Waals surface area contributed by atoms with Crippen molar-refractivity contribution in [3.8, 4) is 11.4 Å². The lowest BCUT2D eigenvalue weighted by Crippen LogP contribution is -2.32. The van der Waals surface area contributed by atoms with E-state index in [2.05, 4.69) is 0 Å². The number of aliphatic hydroxyl groups excluding tert-OH is 1. The number of esters is 1. The van der Waals surface area contributed by atoms with Gasteiger partial charge in [0.25, 0.3) is 5.56 Å². The number of aryl methyl sites for hydroxylation is 2. The van der Waals surface area contributed by atoms with Crippen molar-refractivity contribution in [2.75, 3.05) is 0 Å². The Labute approximate surface area is 192 Å². The Hall–Kier alpha value is -3.06. The highest BCUT2D eigenvalue weighted by Crippen LogP contribution is 2.41. The van der Waals surface area contributed by atoms with Crippen LogP contribution in [0.2, 0.25) is 0 Å². The average Bonchev–Trinajstić information content (AvgIpc) is 3.22. The molecule has 2 aromatic heterocycles. The molecule has 0 saturated carbocycles. The first kappa shape index (κ1) is 23.1. The van der Waals surface area contributed by atoms with Gasteiger partial charge in [0.05, 0.1) is 29.0 Å². The zero-order chi connectivity index (χ0) is 24.0. The standard InChI is InChI=1S/C22H17FN2O4.2C2H6/c1-9-10-3-2-4-11-13-7-25-17(19(13)24-16(18(10)11)6-15(9)23)5-12-14(21(25)27)8-29-22(28)20(12)26;2*1-2/h5-6,20,26H,2-4,7-8H2,1H3;2*1-2H3. The second kappa shape index (κ2) is 8.71. The number of hydrogen-bond donors (Lipinski definition) is 1. The summed E-state index contributed by atoms with van der Waals surface area (Å²) in [4.78, 5) is 29.6. The summed E-state index contributed by atoms with van der Waals surface area (Å²) in [5, 5.41) is 11.2. The Bertz CT molecular complexity index is 1340. The average molecular weight is 453 g/mol. The maximum atomic E-state index is 14.5. The molecule has 0 bridgehead atoms. The minimum absolute atomic E-state index is 0.141. The lowest BCUT2D eigenvalue weighted by Gasteiger charge is -2.22. The number of aliphatic hydroxyl groups is 1. The molecule has 6 nitrogen and oxygen atoms in total. The summed E-state index contributed by atoms with van der Waals surface area (Å²) in [5.74, 6) is -1.03. The fourth-order valence-electron chi connectivity index (χ4n) is 5.06. The molecule has 0 amide bonds. The normalized spacial score (nSPS) is 17.1. The number of aromatic nitrogens is 2. The first-order chi connectivity index (χ1) is 16.0. The molecule has 0 saturated heterocycles. The van der Waals surface area contributed by atoms with E-state index in [1.165, 1.54) is 6.07 Å². The maximum Gasteiger partial charge on any atom is 0.340 e. The van der Waals surface area contributed by atoms with Crippen LogP contribution in [0, 0.1) is 12.7 Å². The van der Waals surface area contributed by atoms with E-state index in [1.54, 1.807) is 17.6 Å². The summed E-state index contributed by atoms with van der Waals surface area (Å²) >= 11 is 0. The maximum absolute atomic E-state index is 14.5. The van der Waals surface area contributed by atoms with Crippen LogP contribution in [0.15, 0.2) is 16.9 Å². The van der Waals surface area contributed by atoms with Crippen molar-refractivity contribution < 1.29 is 19.0 Å². The van der Waals surface area contributed by atoms with Crippen molar-refractivity contribution in [1.29, 1.82) is 0 Å². The number of halogens is 1. The number of pyridine rings is 2. The second-order valence-electron chi connectivity index (χ2n) is 7.99. The molecule has 6 rings (SSSR count). The van der Waals surface area contributed by atoms with E-state index in [4.69, 9.17) is 9.72 Å². The summed E-state index contributed by atoms with van der Waals surface area (Å²) in [6.07, 6.45) is 1.12. The van der Waals surface area contributed by atoms with Crippen molar-refractivity contribution >= 4 is 16.9 Å². The fourth-order valence-corrected chi connectivity index (χ4v) is 5.06. The smallest absolute Gasteiger partial charge is 0.340 e. The lowest BCUT2D eigenvalue weighted by atomic mass is 9.85. The zero-order valence-electron chi connectivity index (χ0n) is 19.7. The Kier molecular flexibility index (Phi) is 6.10. The molecule has 1 N–H and O–H groups in total. The Morgan fingerprint density at radius 3 is 2.48 bits per heavy atom. The van der Waals surface area contributed by atoms with Crippen LogP contribution < -0.4 is 5.56 Å². The van der Waals surface area contributed by atoms with Crippen LogP contribution in [-0.2, 0) is 35.5 Å². The van der Waals surface area contributed by atoms with E-state index in [1.807, 2.05) is 27.7 Å². The Balaban J connectivity index is 0.000000617. The number of carbonyl (C=O) groups is 1. The highest BCUT2D eigenvalue weighted by molar-refractivity contribution is 5.92. The van der Waals surface area contributed by atoms with Gasteiger partial charge >= 0.3 is 5.97 Å². The predicted molar refractivity (Wildman–Crippen MR) is 125 cm³/mol. The van der Waals surface area contributed by atoms with Gasteiger partial charge in [0, 0.05) is 22.6 Å². The number of benzene rings is 1. The van der Waals surface area contributed by atoms with E-state index in [9.17, 15) is 19.1 Å². The van der Waals surface area contributed by atoms with Crippen LogP contribution in [0.4, 0.5) is 4.39 Å². The van der Waals surface area contributed by atoms with Gasteiger partial charge in [-0.3, -0.25) is 4.79 Å². The molecular formula is C26H29FN2O4. The van der Waals surface area contributed by atoms with Gasteiger partial charge in [-0.1, -0.05) is 27.7 Å². The third-order valence-electron chi connectivity index (χ3n) is 6.54. The van der Waals surface area contributed by atoms with Crippen molar-refractivity contribution in [3.05, 3.63) is 61.7 Å². The van der Waals surface area contributed by atoms with Crippen LogP contribution in [0.25, 0.3) is 22.3 Å². The van der Waals surface area contributed by atoms with Gasteiger partial charge in [0.2, 0.25) is 0 Å². The van der Waals surface area contributed by atoms with Crippen LogP contribution in [-0.4, -0.2) is 20.6 Å². The monoisotopic (exact) mass is 452 g/mol. The molecule has 4 heterocycles. The zero-order valence-corrected chi connectivity index (χ0v) is 19.7. The SMILES string of the molecule is CC.CC.Cc1c(F)cc2nc3c(c4c2c1CCC4)Cn1c-3cc2c(c1=O)COC(=O)C2O. The van der Waals surface area contributed by atoms with Crippen LogP contribution in [0.3, 0.4) is 0 Å². The molecule has 174 valence electrons. The predicted octanol–water partition coefficient (Wildman–Crippen LogP) is 4.50. The van der Waals surface area contributed by atoms with E-state index < -0.39 is 12.1 Å². The molecule has 2 aliphatic heterocycles. The summed E-state index contributed by atoms with van der Waals surface area (Å²) < 4.78 is 21.1. The topological polar surface area (TPSA) is 81.4 Å². The molecule has 33 heavy (non-hydrogen) atoms. The van der Waals surface area contributed by atoms with Gasteiger partial charge < -0.3 is 14.4 Å². The van der Waals surface area contributed by atoms with Crippen LogP contribution >= 0.6 is 0 Å². The quantitative estimate of drug-likeness (QED) is 0.397. The number of rotatable bonds is 0. The number of fused-ring (bicyclic) bond motifs is 5. The molecule has 1 aliphatic carbocycles. The molecule has 0 spiro atoms. The van der Waals surface area contributed by atoms with Gasteiger partial charge in [0.15, 0.2) is 6.10 Å². The number of hydrogen-bond acceptors (Lipinski definition) is 5. The lowest BCUT2D eigenvalue weighted by molar-refractivity contribution is -0.157. The third kappa shape index (κ3) is 3.29. The summed E-state index contributed by atoms with van der Waals surface area (Å²) in [5.41, 5.74) is 5.86. The summed E-state index contributed by atoms with van der Waals surface area (Å²) in [6.45, 7) is 10.0. The first-order valence-corrected chi connectivity index (χ1v) is 11.7. The second-order valence-corrected chi connectivity index (χ2v) is 7.99. The molecule has 1 aromatic carbocycles. The van der Waals surface area contributed by atoms with E-state index in [0.717, 1.165) is 41.3 Å². The molecule has 1 atom stereocenters. The van der Waals surface area contributed by atoms with Crippen molar-refractivity contribution in [2.24, 2.45) is 0 Å². The van der Waals surface area contributed by atoms with Gasteiger partial charge in [-0.05, 0) is 48.9 Å². The molecule has 3 aromatic rings. The highest BCUT2D eigenvalue weighted by Gasteiger charge is 2.35. The van der Waals surface area contributed by atoms with Crippen LogP contribution in [0.1, 0.15) is 73.6 Å². The van der Waals surface area contributed by atoms with E-state index in [0.29, 0.717) is 34.6 Å². The van der Waals surface area contributed by atoms with Gasteiger partial charge in [-0.25, -0.2) is 14.2 Å². The number of carbonyl (C=O) groups excluding carboxylic acids is 1. The first-order valence-electron chi connectivity index (χ1n) is 11.7. The highest BCUT2D eigenvalue weighted by atomic mass is 19.1. The van der Waals surface area contributed by atoms with Crippen molar-refractivity contribution in [1.82, 2.24) is 9.55 Å². The van der Waals surface area contributed by atoms with Gasteiger partial charge in [-0.15, -0.1) is 0 Å². The summed E-state index contributed by atoms with van der Waals surface area (Å²) in [7, 11) is 0. The minimum atomic E-state index is -1.48. The number of nitrogens with zero attached hydrogens (tertiary/aromatic N) is 2. The Morgan fingerprint density at radius 2 is 1.76 bits per heavy atom. The van der Waals surface area contributed by atoms with Gasteiger partial charge in [0.1, 0.15) is 12.4 Å². The minimum Gasteiger partial charge on any atom is -0.458 e. The van der Waals surface area contributed by atoms with Crippen molar-refractivity contribution in [2.45, 2.75) is 73.1 Å². The van der Waals surface area contributed by atoms with E-state index in [-0.39, 0.29) is 23.5 Å². The van der Waals surface area contributed by atoms with Crippen LogP contribution in [0.5, 0.6) is 0 Å². The molecule has 3 aliphatic rings. The third-order valence-corrected chi connectivity index (χ3v) is 6.54. The summed E-state index contributed by atoms with van der Waals surface area (Å²) in [6, 6.07) is 3.13. The molecular weight excluding hydrogens is 423 g/mol. The van der Waals surface area contributed by atoms with Gasteiger partial charge in [-0.2, -0.15) is 0 Å². The number of ether oxygens (including phenoxy) is 1. The fraction of sp³-hybridized carbons (Fsp3) is 0.423. The Morgan fingerprint density at radius 1 is 1.06 bits per heavy atom. The largest absolute Gasteiger partial charge is 0.458 e. The number of cyclic esters (lactones) is 1. The molecule has 7 heteroatoms. The van der Waals surface area contributed by atoms with Crippen molar-refractivity contribution in [3.63, 3.8) is 0 Å². The van der Waals surface area contributed by atoms with E-state index >= 15 is 0 Å². The molecule has 0 radical (unpaired) electrons.